The van der Waals surface area contributed by atoms with Crippen molar-refractivity contribution < 1.29 is 9.53 Å². The molecule has 1 aliphatic rings. The van der Waals surface area contributed by atoms with Gasteiger partial charge in [-0.15, -0.1) is 0 Å². The second-order valence-corrected chi connectivity index (χ2v) is 6.25. The minimum absolute atomic E-state index is 0.0853. The van der Waals surface area contributed by atoms with Crippen molar-refractivity contribution in [3.63, 3.8) is 0 Å². The highest BCUT2D eigenvalue weighted by Gasteiger charge is 2.23. The van der Waals surface area contributed by atoms with E-state index in [1.807, 2.05) is 37.8 Å². The van der Waals surface area contributed by atoms with E-state index in [9.17, 15) is 4.79 Å². The molecule has 0 aliphatic carbocycles. The van der Waals surface area contributed by atoms with E-state index in [-0.39, 0.29) is 5.91 Å². The van der Waals surface area contributed by atoms with Crippen molar-refractivity contribution in [1.29, 1.82) is 0 Å². The fourth-order valence-electron chi connectivity index (χ4n) is 2.78. The molecule has 1 aromatic carbocycles. The van der Waals surface area contributed by atoms with Gasteiger partial charge in [-0.3, -0.25) is 4.79 Å². The van der Waals surface area contributed by atoms with Crippen LogP contribution in [0.2, 0.25) is 5.02 Å². The Labute approximate surface area is 132 Å². The minimum Gasteiger partial charge on any atom is -0.481 e. The molecule has 3 nitrogen and oxygen atoms in total. The zero-order valence-corrected chi connectivity index (χ0v) is 13.9. The highest BCUT2D eigenvalue weighted by atomic mass is 35.5. The van der Waals surface area contributed by atoms with Gasteiger partial charge in [0.15, 0.2) is 6.10 Å². The fourth-order valence-corrected chi connectivity index (χ4v) is 2.89. The summed E-state index contributed by atoms with van der Waals surface area (Å²) in [5, 5.41) is 0.758. The van der Waals surface area contributed by atoms with E-state index in [1.54, 1.807) is 0 Å². The quantitative estimate of drug-likeness (QED) is 0.840. The molecule has 0 spiro atoms. The molecule has 2 rings (SSSR count). The van der Waals surface area contributed by atoms with Crippen LogP contribution < -0.4 is 4.74 Å². The van der Waals surface area contributed by atoms with Crippen molar-refractivity contribution in [3.05, 3.63) is 28.3 Å². The largest absolute Gasteiger partial charge is 0.481 e. The van der Waals surface area contributed by atoms with Crippen LogP contribution in [0.25, 0.3) is 0 Å². The lowest BCUT2D eigenvalue weighted by Crippen LogP contribution is -2.41. The van der Waals surface area contributed by atoms with Gasteiger partial charge in [-0.05, 0) is 56.9 Å². The van der Waals surface area contributed by atoms with Crippen LogP contribution in [0.1, 0.15) is 43.7 Å². The molecule has 1 unspecified atom stereocenters. The van der Waals surface area contributed by atoms with E-state index in [2.05, 4.69) is 0 Å². The SMILES string of the molecule is Cc1cc(OC(C)C(=O)N2CCCCCC2)cc(C)c1Cl. The third-order valence-electron chi connectivity index (χ3n) is 3.99. The summed E-state index contributed by atoms with van der Waals surface area (Å²) in [5.41, 5.74) is 1.95. The van der Waals surface area contributed by atoms with E-state index in [0.717, 1.165) is 42.1 Å². The standard InChI is InChI=1S/C17H24ClNO2/c1-12-10-15(11-13(2)16(12)18)21-14(3)17(20)19-8-6-4-5-7-9-19/h10-11,14H,4-9H2,1-3H3. The predicted molar refractivity (Wildman–Crippen MR) is 86.1 cm³/mol. The number of halogens is 1. The maximum atomic E-state index is 12.5. The molecule has 0 N–H and O–H groups in total. The van der Waals surface area contributed by atoms with Crippen molar-refractivity contribution in [2.75, 3.05) is 13.1 Å². The van der Waals surface area contributed by atoms with Gasteiger partial charge in [-0.25, -0.2) is 0 Å². The number of amides is 1. The molecule has 0 radical (unpaired) electrons. The molecule has 1 saturated heterocycles. The van der Waals surface area contributed by atoms with Crippen LogP contribution >= 0.6 is 11.6 Å². The third-order valence-corrected chi connectivity index (χ3v) is 4.58. The van der Waals surface area contributed by atoms with Crippen molar-refractivity contribution in [2.45, 2.75) is 52.6 Å². The summed E-state index contributed by atoms with van der Waals surface area (Å²) in [4.78, 5) is 14.4. The number of benzene rings is 1. The number of nitrogens with zero attached hydrogens (tertiary/aromatic N) is 1. The molecule has 0 bridgehead atoms. The second-order valence-electron chi connectivity index (χ2n) is 5.87. The molecule has 116 valence electrons. The lowest BCUT2D eigenvalue weighted by Gasteiger charge is -2.24. The van der Waals surface area contributed by atoms with E-state index >= 15 is 0 Å². The number of hydrogen-bond acceptors (Lipinski definition) is 2. The van der Waals surface area contributed by atoms with Crippen LogP contribution in [0.5, 0.6) is 5.75 Å². The molecule has 0 aromatic heterocycles. The molecule has 1 fully saturated rings. The molecule has 1 atom stereocenters. The first-order valence-corrected chi connectivity index (χ1v) is 8.09. The Hall–Kier alpha value is -1.22. The van der Waals surface area contributed by atoms with Gasteiger partial charge in [-0.2, -0.15) is 0 Å². The Bertz CT molecular complexity index is 485. The summed E-state index contributed by atoms with van der Waals surface area (Å²) >= 11 is 6.16. The van der Waals surface area contributed by atoms with Gasteiger partial charge in [-0.1, -0.05) is 24.4 Å². The fraction of sp³-hybridized carbons (Fsp3) is 0.588. The van der Waals surface area contributed by atoms with Gasteiger partial charge in [0.2, 0.25) is 0 Å². The summed E-state index contributed by atoms with van der Waals surface area (Å²) in [6.07, 6.45) is 4.17. The summed E-state index contributed by atoms with van der Waals surface area (Å²) in [6, 6.07) is 3.78. The Morgan fingerprint density at radius 1 is 1.14 bits per heavy atom. The number of rotatable bonds is 3. The Balaban J connectivity index is 2.03. The third kappa shape index (κ3) is 4.13. The van der Waals surface area contributed by atoms with Crippen molar-refractivity contribution in [3.8, 4) is 5.75 Å². The maximum Gasteiger partial charge on any atom is 0.263 e. The first-order chi connectivity index (χ1) is 9.99. The number of hydrogen-bond donors (Lipinski definition) is 0. The first-order valence-electron chi connectivity index (χ1n) is 7.71. The van der Waals surface area contributed by atoms with Gasteiger partial charge in [0, 0.05) is 18.1 Å². The normalized spacial score (nSPS) is 17.2. The van der Waals surface area contributed by atoms with E-state index in [1.165, 1.54) is 12.8 Å². The monoisotopic (exact) mass is 309 g/mol. The topological polar surface area (TPSA) is 29.5 Å². The lowest BCUT2D eigenvalue weighted by atomic mass is 10.1. The highest BCUT2D eigenvalue weighted by molar-refractivity contribution is 6.32. The van der Waals surface area contributed by atoms with Crippen LogP contribution in [-0.4, -0.2) is 30.0 Å². The second kappa shape index (κ2) is 7.17. The molecule has 4 heteroatoms. The molecule has 1 aromatic rings. The summed E-state index contributed by atoms with van der Waals surface area (Å²) in [6.45, 7) is 7.43. The molecule has 1 heterocycles. The van der Waals surface area contributed by atoms with Gasteiger partial charge in [0.25, 0.3) is 5.91 Å². The van der Waals surface area contributed by atoms with Crippen LogP contribution in [0, 0.1) is 13.8 Å². The number of likely N-dealkylation sites (tertiary alicyclic amines) is 1. The van der Waals surface area contributed by atoms with E-state index < -0.39 is 6.10 Å². The minimum atomic E-state index is -0.455. The van der Waals surface area contributed by atoms with Crippen LogP contribution in [0.15, 0.2) is 12.1 Å². The van der Waals surface area contributed by atoms with Crippen LogP contribution in [0.3, 0.4) is 0 Å². The van der Waals surface area contributed by atoms with Crippen molar-refractivity contribution in [2.24, 2.45) is 0 Å². The molecule has 0 saturated carbocycles. The summed E-state index contributed by atoms with van der Waals surface area (Å²) in [7, 11) is 0. The van der Waals surface area contributed by atoms with Gasteiger partial charge >= 0.3 is 0 Å². The van der Waals surface area contributed by atoms with Gasteiger partial charge in [0.1, 0.15) is 5.75 Å². The molecule has 1 amide bonds. The number of ether oxygens (including phenoxy) is 1. The number of carbonyl (C=O) groups excluding carboxylic acids is 1. The van der Waals surface area contributed by atoms with Crippen molar-refractivity contribution in [1.82, 2.24) is 4.90 Å². The zero-order valence-electron chi connectivity index (χ0n) is 13.1. The molecular formula is C17H24ClNO2. The summed E-state index contributed by atoms with van der Waals surface area (Å²) < 4.78 is 5.84. The number of aryl methyl sites for hydroxylation is 2. The maximum absolute atomic E-state index is 12.5. The average molecular weight is 310 g/mol. The summed E-state index contributed by atoms with van der Waals surface area (Å²) in [5.74, 6) is 0.798. The lowest BCUT2D eigenvalue weighted by molar-refractivity contribution is -0.137. The number of carbonyl (C=O) groups is 1. The first kappa shape index (κ1) is 16.2. The van der Waals surface area contributed by atoms with Crippen LogP contribution in [-0.2, 0) is 4.79 Å². The Kier molecular flexibility index (Phi) is 5.51. The van der Waals surface area contributed by atoms with Crippen LogP contribution in [0.4, 0.5) is 0 Å². The van der Waals surface area contributed by atoms with Gasteiger partial charge in [0.05, 0.1) is 0 Å². The smallest absolute Gasteiger partial charge is 0.263 e. The van der Waals surface area contributed by atoms with Gasteiger partial charge < -0.3 is 9.64 Å². The average Bonchev–Trinajstić information content (AvgIpc) is 2.72. The molecule has 21 heavy (non-hydrogen) atoms. The van der Waals surface area contributed by atoms with E-state index in [4.69, 9.17) is 16.3 Å². The Morgan fingerprint density at radius 3 is 2.19 bits per heavy atom. The zero-order chi connectivity index (χ0) is 15.4. The predicted octanol–water partition coefficient (Wildman–Crippen LogP) is 4.13. The van der Waals surface area contributed by atoms with E-state index in [0.29, 0.717) is 5.75 Å². The highest BCUT2D eigenvalue weighted by Crippen LogP contribution is 2.26. The molecular weight excluding hydrogens is 286 g/mol. The molecule has 1 aliphatic heterocycles. The Morgan fingerprint density at radius 2 is 1.67 bits per heavy atom. The van der Waals surface area contributed by atoms with Crippen molar-refractivity contribution >= 4 is 17.5 Å².